The van der Waals surface area contributed by atoms with Crippen LogP contribution in [0.25, 0.3) is 39.0 Å². The molecule has 5 rings (SSSR count). The molecule has 44 heavy (non-hydrogen) atoms. The zero-order valence-electron chi connectivity index (χ0n) is 21.1. The first kappa shape index (κ1) is 29.3. The van der Waals surface area contributed by atoms with Crippen molar-refractivity contribution in [3.63, 3.8) is 0 Å². The van der Waals surface area contributed by atoms with Gasteiger partial charge in [-0.1, -0.05) is 0 Å². The topological polar surface area (TPSA) is 115 Å². The SMILES string of the molecule is [C-]#[N+]/C(C#N)=C1\N=c2ccc(-c3nc(-c4c(F)c(C)c(F)c(F)c4F)nc(-c4c(F)c(F)c(F)c(F)c4F)n3)c(C#N)c2=N1. The molecule has 216 valence electrons. The van der Waals surface area contributed by atoms with Gasteiger partial charge in [-0.2, -0.15) is 5.26 Å². The van der Waals surface area contributed by atoms with Gasteiger partial charge < -0.3 is 0 Å². The van der Waals surface area contributed by atoms with Crippen LogP contribution in [0.15, 0.2) is 33.6 Å². The Labute approximate surface area is 237 Å². The Morgan fingerprint density at radius 2 is 1.18 bits per heavy atom. The van der Waals surface area contributed by atoms with Crippen LogP contribution >= 0.6 is 0 Å². The molecule has 0 saturated heterocycles. The molecule has 0 aliphatic carbocycles. The van der Waals surface area contributed by atoms with Crippen LogP contribution in [0.4, 0.5) is 39.5 Å². The van der Waals surface area contributed by atoms with Gasteiger partial charge in [0.25, 0.3) is 0 Å². The Bertz CT molecular complexity index is 2120. The van der Waals surface area contributed by atoms with E-state index in [9.17, 15) is 40.4 Å². The van der Waals surface area contributed by atoms with Crippen molar-refractivity contribution in [3.05, 3.63) is 109 Å². The minimum absolute atomic E-state index is 0.0562. The molecule has 1 aromatic heterocycles. The molecule has 3 aromatic carbocycles. The third-order valence-electron chi connectivity index (χ3n) is 6.16. The van der Waals surface area contributed by atoms with Crippen molar-refractivity contribution < 1.29 is 39.5 Å². The van der Waals surface area contributed by atoms with Crippen LogP contribution in [0.1, 0.15) is 11.1 Å². The third kappa shape index (κ3) is 4.28. The maximum Gasteiger partial charge on any atom is 0.305 e. The van der Waals surface area contributed by atoms with Crippen molar-refractivity contribution in [3.8, 4) is 46.3 Å². The number of rotatable bonds is 3. The largest absolute Gasteiger partial charge is 0.305 e. The predicted octanol–water partition coefficient (Wildman–Crippen LogP) is 5.17. The van der Waals surface area contributed by atoms with Gasteiger partial charge in [-0.05, 0) is 19.1 Å². The summed E-state index contributed by atoms with van der Waals surface area (Å²) in [6.07, 6.45) is 0. The summed E-state index contributed by atoms with van der Waals surface area (Å²) in [6.45, 7) is 7.76. The van der Waals surface area contributed by atoms with Crippen molar-refractivity contribution in [1.29, 1.82) is 10.5 Å². The Morgan fingerprint density at radius 1 is 0.682 bits per heavy atom. The van der Waals surface area contributed by atoms with Crippen molar-refractivity contribution in [2.24, 2.45) is 9.98 Å². The van der Waals surface area contributed by atoms with Gasteiger partial charge in [-0.3, -0.25) is 0 Å². The summed E-state index contributed by atoms with van der Waals surface area (Å²) in [6, 6.07) is 5.42. The van der Waals surface area contributed by atoms with Gasteiger partial charge in [0.1, 0.15) is 17.2 Å². The Morgan fingerprint density at radius 3 is 1.70 bits per heavy atom. The predicted molar refractivity (Wildman–Crippen MR) is 127 cm³/mol. The Hall–Kier alpha value is -6.15. The molecule has 0 N–H and O–H groups in total. The van der Waals surface area contributed by atoms with E-state index in [1.165, 1.54) is 0 Å². The van der Waals surface area contributed by atoms with Crippen LogP contribution in [-0.4, -0.2) is 15.0 Å². The fraction of sp³-hybridized carbons (Fsp3) is 0.0370. The molecule has 0 amide bonds. The summed E-state index contributed by atoms with van der Waals surface area (Å²) in [5.74, 6) is -24.5. The second-order valence-corrected chi connectivity index (χ2v) is 8.59. The zero-order chi connectivity index (χ0) is 32.2. The fourth-order valence-corrected chi connectivity index (χ4v) is 4.03. The summed E-state index contributed by atoms with van der Waals surface area (Å²) < 4.78 is 130. The highest BCUT2D eigenvalue weighted by atomic mass is 19.2. The van der Waals surface area contributed by atoms with Gasteiger partial charge in [-0.15, -0.1) is 0 Å². The lowest BCUT2D eigenvalue weighted by Gasteiger charge is -2.13. The number of fused-ring (bicyclic) bond motifs is 1. The molecule has 1 aliphatic rings. The van der Waals surface area contributed by atoms with Crippen LogP contribution < -0.4 is 10.7 Å². The van der Waals surface area contributed by atoms with Crippen molar-refractivity contribution >= 4 is 0 Å². The summed E-state index contributed by atoms with van der Waals surface area (Å²) in [5.41, 5.74) is -5.88. The Kier molecular flexibility index (Phi) is 7.07. The molecular weight excluding hydrogens is 607 g/mol. The molecule has 0 unspecified atom stereocenters. The summed E-state index contributed by atoms with van der Waals surface area (Å²) in [7, 11) is 0. The third-order valence-corrected chi connectivity index (χ3v) is 6.16. The molecule has 8 nitrogen and oxygen atoms in total. The second kappa shape index (κ2) is 10.6. The molecule has 1 aliphatic heterocycles. The smallest absolute Gasteiger partial charge is 0.238 e. The standard InChI is InChI=1S/C27H5F9N8/c1-7-14(28)12(16(30)19(33)15(7)29)26-42-24(43-27(44-26)13-17(31)20(34)22(36)21(35)18(13)32)8-3-4-10-23(9(8)5-37)41-25(40-10)11(6-38)39-2/h3-4H,1H3/b25-11+. The van der Waals surface area contributed by atoms with Crippen molar-refractivity contribution in [2.75, 3.05) is 0 Å². The van der Waals surface area contributed by atoms with E-state index in [1.807, 2.05) is 0 Å². The quantitative estimate of drug-likeness (QED) is 0.104. The number of halogens is 9. The molecule has 0 radical (unpaired) electrons. The average molecular weight is 612 g/mol. The first-order valence-electron chi connectivity index (χ1n) is 11.5. The average Bonchev–Trinajstić information content (AvgIpc) is 3.45. The molecule has 4 aromatic rings. The minimum atomic E-state index is -2.55. The number of hydrogen-bond donors (Lipinski definition) is 0. The van der Waals surface area contributed by atoms with Crippen LogP contribution in [-0.2, 0) is 0 Å². The second-order valence-electron chi connectivity index (χ2n) is 8.59. The number of allylic oxidation sites excluding steroid dienone is 1. The molecule has 0 bridgehead atoms. The summed E-state index contributed by atoms with van der Waals surface area (Å²) >= 11 is 0. The van der Waals surface area contributed by atoms with Gasteiger partial charge in [-0.25, -0.2) is 74.6 Å². The lowest BCUT2D eigenvalue weighted by molar-refractivity contribution is 0.381. The first-order valence-corrected chi connectivity index (χ1v) is 11.5. The fourth-order valence-electron chi connectivity index (χ4n) is 4.03. The van der Waals surface area contributed by atoms with E-state index in [4.69, 9.17) is 11.8 Å². The van der Waals surface area contributed by atoms with Gasteiger partial charge in [0.2, 0.25) is 5.82 Å². The van der Waals surface area contributed by atoms with Crippen LogP contribution in [0.2, 0.25) is 0 Å². The van der Waals surface area contributed by atoms with E-state index >= 15 is 4.39 Å². The van der Waals surface area contributed by atoms with E-state index in [0.29, 0.717) is 6.92 Å². The lowest BCUT2D eigenvalue weighted by Crippen LogP contribution is -2.25. The summed E-state index contributed by atoms with van der Waals surface area (Å²) in [5, 5.41) is 18.7. The monoisotopic (exact) mass is 612 g/mol. The van der Waals surface area contributed by atoms with Gasteiger partial charge in [0.05, 0.1) is 34.7 Å². The molecule has 0 saturated carbocycles. The summed E-state index contributed by atoms with van der Waals surface area (Å²) in [4.78, 5) is 21.7. The minimum Gasteiger partial charge on any atom is -0.238 e. The van der Waals surface area contributed by atoms with Gasteiger partial charge in [0, 0.05) is 11.1 Å². The highest BCUT2D eigenvalue weighted by Crippen LogP contribution is 2.35. The van der Waals surface area contributed by atoms with E-state index < -0.39 is 109 Å². The number of aromatic nitrogens is 3. The molecule has 2 heterocycles. The van der Waals surface area contributed by atoms with Gasteiger partial charge in [0.15, 0.2) is 64.0 Å². The number of nitriles is 2. The normalized spacial score (nSPS) is 12.9. The van der Waals surface area contributed by atoms with Crippen LogP contribution in [0, 0.1) is 88.5 Å². The highest BCUT2D eigenvalue weighted by Gasteiger charge is 2.32. The molecular formula is C27H5F9N8. The lowest BCUT2D eigenvalue weighted by atomic mass is 10.0. The van der Waals surface area contributed by atoms with E-state index in [0.717, 1.165) is 12.1 Å². The van der Waals surface area contributed by atoms with Crippen LogP contribution in [0.5, 0.6) is 0 Å². The number of benzene rings is 3. The highest BCUT2D eigenvalue weighted by molar-refractivity contribution is 5.71. The van der Waals surface area contributed by atoms with Gasteiger partial charge >= 0.3 is 5.70 Å². The van der Waals surface area contributed by atoms with E-state index in [-0.39, 0.29) is 10.7 Å². The Balaban J connectivity index is 1.93. The molecule has 17 heteroatoms. The number of hydrogen-bond acceptors (Lipinski definition) is 7. The van der Waals surface area contributed by atoms with Crippen molar-refractivity contribution in [1.82, 2.24) is 15.0 Å². The van der Waals surface area contributed by atoms with E-state index in [1.54, 1.807) is 12.1 Å². The maximum atomic E-state index is 15.1. The maximum absolute atomic E-state index is 15.1. The molecule has 0 spiro atoms. The van der Waals surface area contributed by atoms with Crippen molar-refractivity contribution in [2.45, 2.75) is 6.92 Å². The zero-order valence-corrected chi connectivity index (χ0v) is 21.1. The molecule has 0 fully saturated rings. The first-order chi connectivity index (χ1) is 20.9. The molecule has 0 atom stereocenters. The van der Waals surface area contributed by atoms with E-state index in [2.05, 4.69) is 29.8 Å². The van der Waals surface area contributed by atoms with Crippen LogP contribution in [0.3, 0.4) is 0 Å². The number of nitrogens with zero attached hydrogens (tertiary/aromatic N) is 8.